The van der Waals surface area contributed by atoms with E-state index < -0.39 is 0 Å². The van der Waals surface area contributed by atoms with Crippen molar-refractivity contribution in [2.45, 2.75) is 39.8 Å². The fourth-order valence-corrected chi connectivity index (χ4v) is 3.11. The Hall–Kier alpha value is -1.23. The number of rotatable bonds is 9. The summed E-state index contributed by atoms with van der Waals surface area (Å²) in [5.41, 5.74) is 2.37. The molecule has 3 nitrogen and oxygen atoms in total. The van der Waals surface area contributed by atoms with E-state index in [0.717, 1.165) is 43.2 Å². The molecule has 0 atom stereocenters. The fraction of sp³-hybridized carbons (Fsp3) is 0.471. The Labute approximate surface area is 131 Å². The van der Waals surface area contributed by atoms with Crippen molar-refractivity contribution in [3.63, 3.8) is 0 Å². The monoisotopic (exact) mass is 304 g/mol. The van der Waals surface area contributed by atoms with Gasteiger partial charge in [-0.2, -0.15) is 0 Å². The number of ether oxygens (including phenoxy) is 1. The zero-order chi connectivity index (χ0) is 14.9. The summed E-state index contributed by atoms with van der Waals surface area (Å²) < 4.78 is 5.63. The van der Waals surface area contributed by atoms with Gasteiger partial charge in [0, 0.05) is 13.2 Å². The predicted octanol–water partition coefficient (Wildman–Crippen LogP) is 4.24. The van der Waals surface area contributed by atoms with E-state index in [4.69, 9.17) is 9.72 Å². The Morgan fingerprint density at radius 1 is 1.14 bits per heavy atom. The molecule has 2 rings (SSSR count). The van der Waals surface area contributed by atoms with Crippen LogP contribution in [0.3, 0.4) is 0 Å². The van der Waals surface area contributed by atoms with E-state index in [0.29, 0.717) is 6.61 Å². The minimum atomic E-state index is 0.617. The molecule has 0 saturated heterocycles. The normalized spacial score (nSPS) is 11.0. The zero-order valence-electron chi connectivity index (χ0n) is 12.9. The summed E-state index contributed by atoms with van der Waals surface area (Å²) in [6.45, 7) is 7.55. The summed E-state index contributed by atoms with van der Waals surface area (Å²) in [7, 11) is 0. The molecule has 0 saturated carbocycles. The van der Waals surface area contributed by atoms with Crippen molar-refractivity contribution in [2.24, 2.45) is 0 Å². The van der Waals surface area contributed by atoms with Crippen LogP contribution in [0.25, 0.3) is 10.4 Å². The Bertz CT molecular complexity index is 525. The van der Waals surface area contributed by atoms with Gasteiger partial charge in [0.2, 0.25) is 0 Å². The Kier molecular flexibility index (Phi) is 6.86. The molecule has 114 valence electrons. The molecule has 1 N–H and O–H groups in total. The number of thiazole rings is 1. The maximum absolute atomic E-state index is 5.63. The average molecular weight is 304 g/mol. The smallest absolute Gasteiger partial charge is 0.119 e. The third kappa shape index (κ3) is 4.92. The van der Waals surface area contributed by atoms with E-state index in [1.54, 1.807) is 11.3 Å². The molecule has 0 aliphatic rings. The van der Waals surface area contributed by atoms with Crippen LogP contribution in [0.5, 0.6) is 0 Å². The van der Waals surface area contributed by atoms with Gasteiger partial charge in [-0.1, -0.05) is 44.2 Å². The summed E-state index contributed by atoms with van der Waals surface area (Å²) in [6, 6.07) is 10.5. The third-order valence-electron chi connectivity index (χ3n) is 3.07. The van der Waals surface area contributed by atoms with Crippen molar-refractivity contribution < 1.29 is 4.74 Å². The number of hydrogen-bond donors (Lipinski definition) is 1. The first kappa shape index (κ1) is 16.1. The molecule has 0 bridgehead atoms. The van der Waals surface area contributed by atoms with Crippen molar-refractivity contribution in [1.29, 1.82) is 0 Å². The number of aromatic nitrogens is 1. The summed E-state index contributed by atoms with van der Waals surface area (Å²) in [5.74, 6) is 0. The standard InChI is InChI=1S/C17H24N2OS/c1-3-10-18-12-15-17(14-8-6-5-7-9-14)21-16(19-15)13-20-11-4-2/h5-9,18H,3-4,10-13H2,1-2H3. The van der Waals surface area contributed by atoms with Gasteiger partial charge in [0.25, 0.3) is 0 Å². The molecule has 1 heterocycles. The van der Waals surface area contributed by atoms with Crippen LogP contribution in [0.1, 0.15) is 37.4 Å². The van der Waals surface area contributed by atoms with Crippen molar-refractivity contribution >= 4 is 11.3 Å². The average Bonchev–Trinajstić information content (AvgIpc) is 2.92. The van der Waals surface area contributed by atoms with Crippen LogP contribution in [0.4, 0.5) is 0 Å². The lowest BCUT2D eigenvalue weighted by Crippen LogP contribution is -2.14. The molecule has 0 aliphatic heterocycles. The molecule has 0 aliphatic carbocycles. The summed E-state index contributed by atoms with van der Waals surface area (Å²) in [4.78, 5) is 6.02. The molecule has 0 amide bonds. The molecular formula is C17H24N2OS. The Balaban J connectivity index is 2.15. The first-order valence-electron chi connectivity index (χ1n) is 7.67. The van der Waals surface area contributed by atoms with Crippen LogP contribution in [-0.2, 0) is 17.9 Å². The van der Waals surface area contributed by atoms with E-state index in [1.165, 1.54) is 10.4 Å². The van der Waals surface area contributed by atoms with Crippen LogP contribution in [0, 0.1) is 0 Å². The molecule has 1 aromatic heterocycles. The van der Waals surface area contributed by atoms with E-state index in [2.05, 4.69) is 43.4 Å². The highest BCUT2D eigenvalue weighted by atomic mass is 32.1. The van der Waals surface area contributed by atoms with Gasteiger partial charge in [0.05, 0.1) is 17.2 Å². The van der Waals surface area contributed by atoms with Gasteiger partial charge in [-0.15, -0.1) is 11.3 Å². The summed E-state index contributed by atoms with van der Waals surface area (Å²) >= 11 is 1.74. The summed E-state index contributed by atoms with van der Waals surface area (Å²) in [6.07, 6.45) is 2.18. The second-order valence-corrected chi connectivity index (χ2v) is 6.06. The van der Waals surface area contributed by atoms with Gasteiger partial charge in [0.15, 0.2) is 0 Å². The zero-order valence-corrected chi connectivity index (χ0v) is 13.7. The fourth-order valence-electron chi connectivity index (χ4n) is 2.08. The highest BCUT2D eigenvalue weighted by molar-refractivity contribution is 7.15. The van der Waals surface area contributed by atoms with Crippen molar-refractivity contribution in [3.8, 4) is 10.4 Å². The first-order valence-corrected chi connectivity index (χ1v) is 8.49. The van der Waals surface area contributed by atoms with Crippen LogP contribution >= 0.6 is 11.3 Å². The topological polar surface area (TPSA) is 34.2 Å². The van der Waals surface area contributed by atoms with Gasteiger partial charge in [-0.3, -0.25) is 0 Å². The lowest BCUT2D eigenvalue weighted by molar-refractivity contribution is 0.121. The Morgan fingerprint density at radius 2 is 1.95 bits per heavy atom. The van der Waals surface area contributed by atoms with E-state index >= 15 is 0 Å². The highest BCUT2D eigenvalue weighted by Crippen LogP contribution is 2.30. The number of hydrogen-bond acceptors (Lipinski definition) is 4. The van der Waals surface area contributed by atoms with E-state index in [1.807, 2.05) is 6.07 Å². The summed E-state index contributed by atoms with van der Waals surface area (Å²) in [5, 5.41) is 4.51. The van der Waals surface area contributed by atoms with Crippen LogP contribution in [-0.4, -0.2) is 18.1 Å². The van der Waals surface area contributed by atoms with Gasteiger partial charge in [-0.25, -0.2) is 4.98 Å². The number of nitrogens with one attached hydrogen (secondary N) is 1. The number of nitrogens with zero attached hydrogens (tertiary/aromatic N) is 1. The highest BCUT2D eigenvalue weighted by Gasteiger charge is 2.12. The van der Waals surface area contributed by atoms with E-state index in [-0.39, 0.29) is 0 Å². The van der Waals surface area contributed by atoms with Gasteiger partial charge >= 0.3 is 0 Å². The lowest BCUT2D eigenvalue weighted by atomic mass is 10.1. The Morgan fingerprint density at radius 3 is 2.67 bits per heavy atom. The molecule has 0 spiro atoms. The lowest BCUT2D eigenvalue weighted by Gasteiger charge is -2.03. The first-order chi connectivity index (χ1) is 10.3. The molecule has 0 unspecified atom stereocenters. The maximum atomic E-state index is 5.63. The van der Waals surface area contributed by atoms with Gasteiger partial charge in [-0.05, 0) is 24.9 Å². The second kappa shape index (κ2) is 8.93. The largest absolute Gasteiger partial charge is 0.374 e. The van der Waals surface area contributed by atoms with Crippen LogP contribution in [0.2, 0.25) is 0 Å². The van der Waals surface area contributed by atoms with Crippen LogP contribution < -0.4 is 5.32 Å². The third-order valence-corrected chi connectivity index (χ3v) is 4.19. The van der Waals surface area contributed by atoms with Gasteiger partial charge in [0.1, 0.15) is 5.01 Å². The molecule has 0 fully saturated rings. The predicted molar refractivity (Wildman–Crippen MR) is 89.5 cm³/mol. The van der Waals surface area contributed by atoms with Crippen molar-refractivity contribution in [2.75, 3.05) is 13.2 Å². The molecule has 4 heteroatoms. The minimum absolute atomic E-state index is 0.617. The molecule has 21 heavy (non-hydrogen) atoms. The van der Waals surface area contributed by atoms with Crippen molar-refractivity contribution in [3.05, 3.63) is 41.0 Å². The van der Waals surface area contributed by atoms with E-state index in [9.17, 15) is 0 Å². The molecule has 0 radical (unpaired) electrons. The van der Waals surface area contributed by atoms with Crippen molar-refractivity contribution in [1.82, 2.24) is 10.3 Å². The molecule has 2 aromatic rings. The van der Waals surface area contributed by atoms with Gasteiger partial charge < -0.3 is 10.1 Å². The quantitative estimate of drug-likeness (QED) is 0.704. The second-order valence-electron chi connectivity index (χ2n) is 4.98. The SMILES string of the molecule is CCCNCc1nc(COCCC)sc1-c1ccccc1. The number of benzene rings is 1. The molecular weight excluding hydrogens is 280 g/mol. The maximum Gasteiger partial charge on any atom is 0.119 e. The van der Waals surface area contributed by atoms with Crippen LogP contribution in [0.15, 0.2) is 30.3 Å². The minimum Gasteiger partial charge on any atom is -0.374 e. The molecule has 1 aromatic carbocycles.